The topological polar surface area (TPSA) is 63.5 Å². The summed E-state index contributed by atoms with van der Waals surface area (Å²) in [7, 11) is -3.61. The standard InChI is InChI=1S/C15H12Cl3N3O2S/c16-10-2-1-3-13(6-10)24(22,23)19-5-4-12-9-21-8-11(17)7-14(18)15(21)20-12/h1-3,6-9,19H,4-5H2. The van der Waals surface area contributed by atoms with Crippen LogP contribution in [0.1, 0.15) is 5.69 Å². The largest absolute Gasteiger partial charge is 0.304 e. The van der Waals surface area contributed by atoms with E-state index in [4.69, 9.17) is 34.8 Å². The minimum absolute atomic E-state index is 0.125. The molecule has 0 saturated carbocycles. The maximum Gasteiger partial charge on any atom is 0.240 e. The summed E-state index contributed by atoms with van der Waals surface area (Å²) in [5.41, 5.74) is 1.28. The van der Waals surface area contributed by atoms with Crippen molar-refractivity contribution in [1.29, 1.82) is 0 Å². The lowest BCUT2D eigenvalue weighted by molar-refractivity contribution is 0.581. The van der Waals surface area contributed by atoms with Crippen LogP contribution in [0.3, 0.4) is 0 Å². The molecule has 5 nitrogen and oxygen atoms in total. The molecule has 9 heteroatoms. The second kappa shape index (κ2) is 6.90. The molecule has 0 fully saturated rings. The number of benzene rings is 1. The van der Waals surface area contributed by atoms with Crippen LogP contribution in [0.5, 0.6) is 0 Å². The Hall–Kier alpha value is -1.31. The molecule has 0 aliphatic rings. The van der Waals surface area contributed by atoms with Crippen LogP contribution in [0.2, 0.25) is 15.1 Å². The highest BCUT2D eigenvalue weighted by Gasteiger charge is 2.14. The van der Waals surface area contributed by atoms with Crippen LogP contribution >= 0.6 is 34.8 Å². The number of sulfonamides is 1. The van der Waals surface area contributed by atoms with E-state index in [1.807, 2.05) is 0 Å². The zero-order valence-corrected chi connectivity index (χ0v) is 15.3. The quantitative estimate of drug-likeness (QED) is 0.703. The molecule has 0 saturated heterocycles. The summed E-state index contributed by atoms with van der Waals surface area (Å²) in [5.74, 6) is 0. The van der Waals surface area contributed by atoms with Crippen molar-refractivity contribution in [2.45, 2.75) is 11.3 Å². The lowest BCUT2D eigenvalue weighted by atomic mass is 10.3. The zero-order chi connectivity index (χ0) is 17.3. The third-order valence-electron chi connectivity index (χ3n) is 3.30. The summed E-state index contributed by atoms with van der Waals surface area (Å²) < 4.78 is 28.7. The lowest BCUT2D eigenvalue weighted by Gasteiger charge is -2.06. The van der Waals surface area contributed by atoms with E-state index in [1.165, 1.54) is 12.1 Å². The lowest BCUT2D eigenvalue weighted by Crippen LogP contribution is -2.26. The SMILES string of the molecule is O=S(=O)(NCCc1cn2cc(Cl)cc(Cl)c2n1)c1cccc(Cl)c1. The Bertz CT molecular complexity index is 1000. The van der Waals surface area contributed by atoms with Gasteiger partial charge < -0.3 is 4.40 Å². The van der Waals surface area contributed by atoms with Crippen molar-refractivity contribution >= 4 is 50.5 Å². The predicted molar refractivity (Wildman–Crippen MR) is 95.6 cm³/mol. The first kappa shape index (κ1) is 17.5. The Morgan fingerprint density at radius 2 is 1.88 bits per heavy atom. The van der Waals surface area contributed by atoms with Gasteiger partial charge in [0.15, 0.2) is 5.65 Å². The van der Waals surface area contributed by atoms with Crippen LogP contribution in [0.25, 0.3) is 5.65 Å². The number of rotatable bonds is 5. The Labute approximate surface area is 154 Å². The summed E-state index contributed by atoms with van der Waals surface area (Å²) in [5, 5.41) is 1.30. The fourth-order valence-electron chi connectivity index (χ4n) is 2.23. The Kier molecular flexibility index (Phi) is 5.03. The molecule has 0 bridgehead atoms. The van der Waals surface area contributed by atoms with Crippen molar-refractivity contribution in [2.24, 2.45) is 0 Å². The molecular formula is C15H12Cl3N3O2S. The Morgan fingerprint density at radius 1 is 1.08 bits per heavy atom. The molecule has 3 aromatic rings. The highest BCUT2D eigenvalue weighted by Crippen LogP contribution is 2.22. The summed E-state index contributed by atoms with van der Waals surface area (Å²) >= 11 is 17.9. The molecule has 2 aromatic heterocycles. The Balaban J connectivity index is 1.71. The summed E-state index contributed by atoms with van der Waals surface area (Å²) in [6, 6.07) is 7.70. The third kappa shape index (κ3) is 3.84. The van der Waals surface area contributed by atoms with Gasteiger partial charge in [-0.2, -0.15) is 0 Å². The number of imidazole rings is 1. The van der Waals surface area contributed by atoms with Gasteiger partial charge in [0.1, 0.15) is 0 Å². The normalized spacial score (nSPS) is 12.0. The van der Waals surface area contributed by atoms with Crippen LogP contribution in [-0.4, -0.2) is 24.3 Å². The number of nitrogens with zero attached hydrogens (tertiary/aromatic N) is 2. The van der Waals surface area contributed by atoms with Crippen molar-refractivity contribution in [3.63, 3.8) is 0 Å². The Morgan fingerprint density at radius 3 is 2.62 bits per heavy atom. The van der Waals surface area contributed by atoms with E-state index in [9.17, 15) is 8.42 Å². The van der Waals surface area contributed by atoms with E-state index in [0.717, 1.165) is 0 Å². The van der Waals surface area contributed by atoms with Gasteiger partial charge in [0.25, 0.3) is 0 Å². The van der Waals surface area contributed by atoms with E-state index < -0.39 is 10.0 Å². The average Bonchev–Trinajstić information content (AvgIpc) is 2.90. The first-order chi connectivity index (χ1) is 11.3. The number of pyridine rings is 1. The van der Waals surface area contributed by atoms with Crippen molar-refractivity contribution in [1.82, 2.24) is 14.1 Å². The summed E-state index contributed by atoms with van der Waals surface area (Å²) in [6.07, 6.45) is 3.87. The fraction of sp³-hybridized carbons (Fsp3) is 0.133. The van der Waals surface area contributed by atoms with E-state index in [-0.39, 0.29) is 11.4 Å². The molecule has 0 amide bonds. The van der Waals surface area contributed by atoms with Gasteiger partial charge in [-0.15, -0.1) is 0 Å². The van der Waals surface area contributed by atoms with Crippen molar-refractivity contribution in [3.8, 4) is 0 Å². The van der Waals surface area contributed by atoms with Gasteiger partial charge in [0, 0.05) is 30.4 Å². The van der Waals surface area contributed by atoms with Gasteiger partial charge in [-0.25, -0.2) is 18.1 Å². The first-order valence-corrected chi connectivity index (χ1v) is 9.55. The average molecular weight is 405 g/mol. The predicted octanol–water partition coefficient (Wildman–Crippen LogP) is 3.82. The maximum atomic E-state index is 12.2. The first-order valence-electron chi connectivity index (χ1n) is 6.93. The molecule has 1 N–H and O–H groups in total. The molecular weight excluding hydrogens is 393 g/mol. The van der Waals surface area contributed by atoms with Gasteiger partial charge in [0.2, 0.25) is 10.0 Å². The smallest absolute Gasteiger partial charge is 0.240 e. The molecule has 126 valence electrons. The number of halogens is 3. The fourth-order valence-corrected chi connectivity index (χ4v) is 4.09. The molecule has 24 heavy (non-hydrogen) atoms. The summed E-state index contributed by atoms with van der Waals surface area (Å²) in [4.78, 5) is 4.50. The van der Waals surface area contributed by atoms with Gasteiger partial charge in [-0.3, -0.25) is 0 Å². The van der Waals surface area contributed by atoms with E-state index in [1.54, 1.807) is 35.0 Å². The zero-order valence-electron chi connectivity index (χ0n) is 12.2. The van der Waals surface area contributed by atoms with Crippen LogP contribution in [0.15, 0.2) is 47.6 Å². The molecule has 0 atom stereocenters. The number of aromatic nitrogens is 2. The molecule has 0 unspecified atom stereocenters. The van der Waals surface area contributed by atoms with Crippen molar-refractivity contribution in [2.75, 3.05) is 6.54 Å². The molecule has 2 heterocycles. The van der Waals surface area contributed by atoms with Gasteiger partial charge in [-0.1, -0.05) is 40.9 Å². The number of hydrogen-bond acceptors (Lipinski definition) is 3. The van der Waals surface area contributed by atoms with Crippen LogP contribution < -0.4 is 4.72 Å². The van der Waals surface area contributed by atoms with Crippen LogP contribution in [0, 0.1) is 0 Å². The van der Waals surface area contributed by atoms with Gasteiger partial charge in [0.05, 0.1) is 20.6 Å². The summed E-state index contributed by atoms with van der Waals surface area (Å²) in [6.45, 7) is 0.198. The van der Waals surface area contributed by atoms with E-state index >= 15 is 0 Å². The van der Waals surface area contributed by atoms with Crippen LogP contribution in [0.4, 0.5) is 0 Å². The van der Waals surface area contributed by atoms with Gasteiger partial charge in [-0.05, 0) is 24.3 Å². The minimum atomic E-state index is -3.61. The highest BCUT2D eigenvalue weighted by atomic mass is 35.5. The van der Waals surface area contributed by atoms with Gasteiger partial charge >= 0.3 is 0 Å². The minimum Gasteiger partial charge on any atom is -0.304 e. The van der Waals surface area contributed by atoms with E-state index in [0.29, 0.717) is 32.8 Å². The van der Waals surface area contributed by atoms with E-state index in [2.05, 4.69) is 9.71 Å². The monoisotopic (exact) mass is 403 g/mol. The number of hydrogen-bond donors (Lipinski definition) is 1. The molecule has 0 aliphatic carbocycles. The molecule has 0 spiro atoms. The maximum absolute atomic E-state index is 12.2. The van der Waals surface area contributed by atoms with Crippen LogP contribution in [-0.2, 0) is 16.4 Å². The second-order valence-corrected chi connectivity index (χ2v) is 8.12. The van der Waals surface area contributed by atoms with Crippen molar-refractivity contribution < 1.29 is 8.42 Å². The number of nitrogens with one attached hydrogen (secondary N) is 1. The third-order valence-corrected chi connectivity index (χ3v) is 5.48. The molecule has 3 rings (SSSR count). The van der Waals surface area contributed by atoms with Crippen molar-refractivity contribution in [3.05, 3.63) is 63.5 Å². The molecule has 0 radical (unpaired) electrons. The highest BCUT2D eigenvalue weighted by molar-refractivity contribution is 7.89. The molecule has 1 aromatic carbocycles. The second-order valence-electron chi connectivity index (χ2n) is 5.07. The number of fused-ring (bicyclic) bond motifs is 1. The molecule has 0 aliphatic heterocycles.